The highest BCUT2D eigenvalue weighted by Crippen LogP contribution is 2.34. The van der Waals surface area contributed by atoms with Gasteiger partial charge in [0.15, 0.2) is 11.5 Å². The van der Waals surface area contributed by atoms with Crippen LogP contribution in [-0.2, 0) is 22.8 Å². The maximum absolute atomic E-state index is 11.5. The van der Waals surface area contributed by atoms with Gasteiger partial charge in [-0.3, -0.25) is 9.59 Å². The van der Waals surface area contributed by atoms with Crippen LogP contribution in [-0.4, -0.2) is 11.8 Å². The van der Waals surface area contributed by atoms with Crippen LogP contribution in [0, 0.1) is 0 Å². The lowest BCUT2D eigenvalue weighted by molar-refractivity contribution is -0.119. The molecular weight excluding hydrogens is 392 g/mol. The molecule has 0 saturated heterocycles. The number of carbonyl (C=O) groups is 2. The highest BCUT2D eigenvalue weighted by molar-refractivity contribution is 5.78. The van der Waals surface area contributed by atoms with Crippen LogP contribution in [0.5, 0.6) is 11.5 Å². The van der Waals surface area contributed by atoms with Crippen LogP contribution >= 0.6 is 0 Å². The van der Waals surface area contributed by atoms with Gasteiger partial charge in [-0.25, -0.2) is 0 Å². The molecule has 0 aliphatic rings. The Bertz CT molecular complexity index is 991. The van der Waals surface area contributed by atoms with E-state index < -0.39 is 17.7 Å². The summed E-state index contributed by atoms with van der Waals surface area (Å²) >= 11 is 0. The fourth-order valence-electron chi connectivity index (χ4n) is 3.27. The third-order valence-electron chi connectivity index (χ3n) is 4.81. The van der Waals surface area contributed by atoms with E-state index in [1.807, 2.05) is 66.7 Å². The molecule has 0 atom stereocenters. The van der Waals surface area contributed by atoms with E-state index in [0.717, 1.165) is 16.7 Å². The third kappa shape index (κ3) is 6.89. The minimum atomic E-state index is -0.498. The molecule has 3 aromatic rings. The van der Waals surface area contributed by atoms with Gasteiger partial charge in [0.05, 0.1) is 0 Å². The number of benzene rings is 3. The Balaban J connectivity index is 1.85. The first-order valence-electron chi connectivity index (χ1n) is 10.0. The van der Waals surface area contributed by atoms with Gasteiger partial charge < -0.3 is 20.9 Å². The average Bonchev–Trinajstić information content (AvgIpc) is 2.77. The van der Waals surface area contributed by atoms with Crippen molar-refractivity contribution in [1.29, 1.82) is 0 Å². The van der Waals surface area contributed by atoms with Gasteiger partial charge in [-0.05, 0) is 28.8 Å². The molecule has 160 valence electrons. The summed E-state index contributed by atoms with van der Waals surface area (Å²) in [7, 11) is 0. The maximum Gasteiger partial charge on any atom is 0.218 e. The largest absolute Gasteiger partial charge is 0.485 e. The molecule has 0 heterocycles. The van der Waals surface area contributed by atoms with Crippen molar-refractivity contribution in [2.75, 3.05) is 0 Å². The summed E-state index contributed by atoms with van der Waals surface area (Å²) in [6.07, 6.45) is 0.0383. The average molecular weight is 418 g/mol. The number of ether oxygens (including phenoxy) is 2. The normalized spacial score (nSPS) is 10.6. The van der Waals surface area contributed by atoms with Crippen LogP contribution in [0.2, 0.25) is 0 Å². The zero-order chi connectivity index (χ0) is 22.1. The molecular formula is C25H26N2O4. The summed E-state index contributed by atoms with van der Waals surface area (Å²) in [5.74, 6) is -0.321. The Morgan fingerprint density at radius 1 is 0.677 bits per heavy atom. The fourth-order valence-corrected chi connectivity index (χ4v) is 3.27. The standard InChI is InChI=1S/C25H26N2O4/c26-24(28)14-21(15-25(27)29)20-11-12-22(30-16-18-7-3-1-4-8-18)23(13-20)31-17-19-9-5-2-6-10-19/h1-13,21H,14-17H2,(H2,26,28)(H2,27,29). The third-order valence-corrected chi connectivity index (χ3v) is 4.81. The molecule has 0 saturated carbocycles. The Kier molecular flexibility index (Phi) is 7.65. The van der Waals surface area contributed by atoms with E-state index in [9.17, 15) is 9.59 Å². The zero-order valence-electron chi connectivity index (χ0n) is 17.2. The number of carbonyl (C=O) groups excluding carboxylic acids is 2. The van der Waals surface area contributed by atoms with Crippen molar-refractivity contribution in [3.8, 4) is 11.5 Å². The lowest BCUT2D eigenvalue weighted by Gasteiger charge is -2.18. The molecule has 0 bridgehead atoms. The number of rotatable bonds is 11. The number of primary amides is 2. The predicted molar refractivity (Wildman–Crippen MR) is 118 cm³/mol. The van der Waals surface area contributed by atoms with Crippen LogP contribution in [0.3, 0.4) is 0 Å². The number of hydrogen-bond donors (Lipinski definition) is 2. The van der Waals surface area contributed by atoms with Crippen LogP contribution in [0.1, 0.15) is 35.4 Å². The molecule has 4 N–H and O–H groups in total. The molecule has 0 aliphatic carbocycles. The Morgan fingerprint density at radius 3 is 1.65 bits per heavy atom. The number of amides is 2. The van der Waals surface area contributed by atoms with Crippen molar-refractivity contribution in [3.05, 3.63) is 95.6 Å². The summed E-state index contributed by atoms with van der Waals surface area (Å²) in [4.78, 5) is 23.0. The number of nitrogens with two attached hydrogens (primary N) is 2. The van der Waals surface area contributed by atoms with Crippen LogP contribution in [0.4, 0.5) is 0 Å². The minimum Gasteiger partial charge on any atom is -0.485 e. The first-order chi connectivity index (χ1) is 15.0. The maximum atomic E-state index is 11.5. The van der Waals surface area contributed by atoms with E-state index >= 15 is 0 Å². The van der Waals surface area contributed by atoms with Crippen molar-refractivity contribution in [3.63, 3.8) is 0 Å². The van der Waals surface area contributed by atoms with Gasteiger partial charge >= 0.3 is 0 Å². The molecule has 6 heteroatoms. The van der Waals surface area contributed by atoms with Gasteiger partial charge in [-0.15, -0.1) is 0 Å². The molecule has 0 radical (unpaired) electrons. The minimum absolute atomic E-state index is 0.0191. The highest BCUT2D eigenvalue weighted by atomic mass is 16.5. The van der Waals surface area contributed by atoms with E-state index in [4.69, 9.17) is 20.9 Å². The summed E-state index contributed by atoms with van der Waals surface area (Å²) in [6, 6.07) is 25.0. The summed E-state index contributed by atoms with van der Waals surface area (Å²) in [6.45, 7) is 0.732. The Hall–Kier alpha value is -3.80. The quantitative estimate of drug-likeness (QED) is 0.495. The van der Waals surface area contributed by atoms with Gasteiger partial charge in [-0.2, -0.15) is 0 Å². The van der Waals surface area contributed by atoms with Crippen molar-refractivity contribution >= 4 is 11.8 Å². The predicted octanol–water partition coefficient (Wildman–Crippen LogP) is 3.68. The summed E-state index contributed by atoms with van der Waals surface area (Å²) in [5.41, 5.74) is 13.5. The van der Waals surface area contributed by atoms with E-state index in [1.54, 1.807) is 12.1 Å². The Morgan fingerprint density at radius 2 is 1.16 bits per heavy atom. The number of hydrogen-bond acceptors (Lipinski definition) is 4. The molecule has 3 rings (SSSR count). The SMILES string of the molecule is NC(=O)CC(CC(N)=O)c1ccc(OCc2ccccc2)c(OCc2ccccc2)c1. The molecule has 6 nitrogen and oxygen atoms in total. The van der Waals surface area contributed by atoms with E-state index in [0.29, 0.717) is 24.7 Å². The molecule has 0 fully saturated rings. The molecule has 0 spiro atoms. The topological polar surface area (TPSA) is 105 Å². The lowest BCUT2D eigenvalue weighted by Crippen LogP contribution is -2.21. The van der Waals surface area contributed by atoms with Gasteiger partial charge in [0.1, 0.15) is 13.2 Å². The van der Waals surface area contributed by atoms with E-state index in [2.05, 4.69) is 0 Å². The van der Waals surface area contributed by atoms with Gasteiger partial charge in [0, 0.05) is 18.8 Å². The molecule has 2 amide bonds. The van der Waals surface area contributed by atoms with Crippen LogP contribution < -0.4 is 20.9 Å². The molecule has 31 heavy (non-hydrogen) atoms. The first-order valence-corrected chi connectivity index (χ1v) is 10.0. The zero-order valence-corrected chi connectivity index (χ0v) is 17.2. The second kappa shape index (κ2) is 10.8. The molecule has 0 aliphatic heterocycles. The smallest absolute Gasteiger partial charge is 0.218 e. The Labute approximate surface area is 181 Å². The summed E-state index contributed by atoms with van der Waals surface area (Å²) < 4.78 is 12.1. The van der Waals surface area contributed by atoms with Crippen LogP contribution in [0.25, 0.3) is 0 Å². The van der Waals surface area contributed by atoms with Crippen molar-refractivity contribution in [1.82, 2.24) is 0 Å². The lowest BCUT2D eigenvalue weighted by atomic mass is 9.91. The van der Waals surface area contributed by atoms with Crippen molar-refractivity contribution < 1.29 is 19.1 Å². The molecule has 3 aromatic carbocycles. The highest BCUT2D eigenvalue weighted by Gasteiger charge is 2.19. The second-order valence-corrected chi connectivity index (χ2v) is 7.29. The van der Waals surface area contributed by atoms with Gasteiger partial charge in [0.25, 0.3) is 0 Å². The van der Waals surface area contributed by atoms with Gasteiger partial charge in [-0.1, -0.05) is 66.7 Å². The molecule has 0 unspecified atom stereocenters. The van der Waals surface area contributed by atoms with Crippen molar-refractivity contribution in [2.45, 2.75) is 32.0 Å². The van der Waals surface area contributed by atoms with E-state index in [-0.39, 0.29) is 12.8 Å². The monoisotopic (exact) mass is 418 g/mol. The van der Waals surface area contributed by atoms with Crippen molar-refractivity contribution in [2.24, 2.45) is 11.5 Å². The fraction of sp³-hybridized carbons (Fsp3) is 0.200. The first kappa shape index (κ1) is 21.9. The second-order valence-electron chi connectivity index (χ2n) is 7.29. The van der Waals surface area contributed by atoms with E-state index in [1.165, 1.54) is 0 Å². The van der Waals surface area contributed by atoms with Crippen LogP contribution in [0.15, 0.2) is 78.9 Å². The van der Waals surface area contributed by atoms with Gasteiger partial charge in [0.2, 0.25) is 11.8 Å². The summed E-state index contributed by atoms with van der Waals surface area (Å²) in [5, 5.41) is 0. The molecule has 0 aromatic heterocycles.